The second-order valence-corrected chi connectivity index (χ2v) is 11.4. The van der Waals surface area contributed by atoms with Gasteiger partial charge in [0, 0.05) is 35.5 Å². The topological polar surface area (TPSA) is 41.9 Å². The number of nitrogens with one attached hydrogen (secondary N) is 2. The van der Waals surface area contributed by atoms with Gasteiger partial charge < -0.3 is 10.6 Å². The van der Waals surface area contributed by atoms with Gasteiger partial charge in [-0.2, -0.15) is 0 Å². The van der Waals surface area contributed by atoms with E-state index in [0.717, 1.165) is 66.4 Å². The van der Waals surface area contributed by atoms with Crippen molar-refractivity contribution in [3.8, 4) is 16.9 Å². The third kappa shape index (κ3) is 7.34. The minimum atomic E-state index is -1.14. The predicted molar refractivity (Wildman–Crippen MR) is 154 cm³/mol. The Kier molecular flexibility index (Phi) is 8.21. The number of aromatic nitrogens is 2. The molecule has 0 spiro atoms. The van der Waals surface area contributed by atoms with Crippen molar-refractivity contribution in [2.24, 2.45) is 11.8 Å². The van der Waals surface area contributed by atoms with Crippen molar-refractivity contribution in [3.63, 3.8) is 0 Å². The number of hydrogen-bond acceptors (Lipinski definition) is 3. The molecule has 1 aliphatic rings. The number of allylic oxidation sites excluding steroid dienone is 1. The van der Waals surface area contributed by atoms with Gasteiger partial charge in [0.1, 0.15) is 5.67 Å². The molecule has 0 radical (unpaired) electrons. The van der Waals surface area contributed by atoms with Crippen LogP contribution in [0.25, 0.3) is 16.9 Å². The zero-order chi connectivity index (χ0) is 26.6. The molecule has 5 heteroatoms. The lowest BCUT2D eigenvalue weighted by Gasteiger charge is -2.14. The van der Waals surface area contributed by atoms with Gasteiger partial charge in [0.15, 0.2) is 5.82 Å². The smallest absolute Gasteiger partial charge is 0.153 e. The van der Waals surface area contributed by atoms with E-state index in [2.05, 4.69) is 92.2 Å². The molecule has 4 rings (SSSR count). The molecule has 196 valence electrons. The van der Waals surface area contributed by atoms with E-state index in [0.29, 0.717) is 18.3 Å². The van der Waals surface area contributed by atoms with Crippen molar-refractivity contribution in [3.05, 3.63) is 90.3 Å². The number of halogens is 1. The monoisotopic (exact) mass is 500 g/mol. The maximum Gasteiger partial charge on any atom is 0.153 e. The van der Waals surface area contributed by atoms with Crippen LogP contribution in [0.1, 0.15) is 58.1 Å². The van der Waals surface area contributed by atoms with E-state index in [1.807, 2.05) is 4.68 Å². The number of rotatable bonds is 11. The molecule has 0 amide bonds. The highest BCUT2D eigenvalue weighted by atomic mass is 19.1. The highest BCUT2D eigenvalue weighted by Gasteiger charge is 2.22. The quantitative estimate of drug-likeness (QED) is 0.282. The molecule has 3 aromatic rings. The maximum atomic E-state index is 14.0. The fourth-order valence-electron chi connectivity index (χ4n) is 4.95. The highest BCUT2D eigenvalue weighted by Crippen LogP contribution is 2.30. The van der Waals surface area contributed by atoms with Gasteiger partial charge in [-0.15, -0.1) is 5.10 Å². The lowest BCUT2D eigenvalue weighted by Crippen LogP contribution is -2.14. The fraction of sp³-hybridized carbons (Fsp3) is 0.406. The van der Waals surface area contributed by atoms with E-state index in [1.165, 1.54) is 11.1 Å². The van der Waals surface area contributed by atoms with Gasteiger partial charge >= 0.3 is 0 Å². The second-order valence-electron chi connectivity index (χ2n) is 11.4. The predicted octanol–water partition coefficient (Wildman–Crippen LogP) is 7.86. The summed E-state index contributed by atoms with van der Waals surface area (Å²) in [4.78, 5) is 0. The zero-order valence-corrected chi connectivity index (χ0v) is 22.8. The van der Waals surface area contributed by atoms with Crippen LogP contribution in [0.4, 0.5) is 10.2 Å². The first-order chi connectivity index (χ1) is 17.6. The van der Waals surface area contributed by atoms with E-state index in [1.54, 1.807) is 13.8 Å². The van der Waals surface area contributed by atoms with Crippen LogP contribution >= 0.6 is 0 Å². The SMILES string of the molecule is C=C1CC(C(=C)Nc2cc(-c3cccc(CCCC(C)(C)F)c3)n(-c3cccc(CC(C)C)c3)n2)CN1. The first-order valence-corrected chi connectivity index (χ1v) is 13.4. The van der Waals surface area contributed by atoms with E-state index in [9.17, 15) is 4.39 Å². The molecule has 4 nitrogen and oxygen atoms in total. The Morgan fingerprint density at radius 3 is 2.62 bits per heavy atom. The summed E-state index contributed by atoms with van der Waals surface area (Å²) < 4.78 is 16.0. The summed E-state index contributed by atoms with van der Waals surface area (Å²) in [5.41, 5.74) is 6.50. The summed E-state index contributed by atoms with van der Waals surface area (Å²) in [6.45, 7) is 16.9. The van der Waals surface area contributed by atoms with Gasteiger partial charge in [0.2, 0.25) is 0 Å². The number of benzene rings is 2. The first-order valence-electron chi connectivity index (χ1n) is 13.4. The van der Waals surface area contributed by atoms with Crippen molar-refractivity contribution in [1.29, 1.82) is 0 Å². The molecule has 2 heterocycles. The van der Waals surface area contributed by atoms with Crippen LogP contribution in [0.15, 0.2) is 79.1 Å². The van der Waals surface area contributed by atoms with Crippen molar-refractivity contribution in [1.82, 2.24) is 15.1 Å². The number of alkyl halides is 1. The Bertz CT molecular complexity index is 1250. The normalized spacial score (nSPS) is 15.7. The first kappa shape index (κ1) is 26.7. The number of aryl methyl sites for hydroxylation is 1. The van der Waals surface area contributed by atoms with E-state index >= 15 is 0 Å². The molecule has 0 bridgehead atoms. The molecular weight excluding hydrogens is 459 g/mol. The largest absolute Gasteiger partial charge is 0.388 e. The molecule has 0 aliphatic carbocycles. The van der Waals surface area contributed by atoms with Gasteiger partial charge in [-0.3, -0.25) is 0 Å². The molecule has 1 aromatic heterocycles. The van der Waals surface area contributed by atoms with Crippen molar-refractivity contribution in [2.75, 3.05) is 11.9 Å². The maximum absolute atomic E-state index is 14.0. The molecule has 1 saturated heterocycles. The van der Waals surface area contributed by atoms with Crippen molar-refractivity contribution >= 4 is 5.82 Å². The summed E-state index contributed by atoms with van der Waals surface area (Å²) in [5, 5.41) is 11.8. The zero-order valence-electron chi connectivity index (χ0n) is 22.8. The summed E-state index contributed by atoms with van der Waals surface area (Å²) in [6.07, 6.45) is 4.12. The molecule has 2 aromatic carbocycles. The molecule has 1 unspecified atom stereocenters. The van der Waals surface area contributed by atoms with Gasteiger partial charge in [-0.1, -0.05) is 57.3 Å². The Hall–Kier alpha value is -3.34. The number of nitrogens with zero attached hydrogens (tertiary/aromatic N) is 2. The number of anilines is 1. The minimum absolute atomic E-state index is 0.290. The Balaban J connectivity index is 1.66. The molecule has 1 atom stereocenters. The number of hydrogen-bond donors (Lipinski definition) is 2. The van der Waals surface area contributed by atoms with Gasteiger partial charge in [-0.25, -0.2) is 9.07 Å². The Morgan fingerprint density at radius 1 is 1.16 bits per heavy atom. The summed E-state index contributed by atoms with van der Waals surface area (Å²) in [6, 6.07) is 19.3. The third-order valence-corrected chi connectivity index (χ3v) is 6.84. The van der Waals surface area contributed by atoms with Crippen LogP contribution in [-0.4, -0.2) is 22.0 Å². The van der Waals surface area contributed by atoms with Gasteiger partial charge in [0.25, 0.3) is 0 Å². The van der Waals surface area contributed by atoms with Crippen LogP contribution in [0.2, 0.25) is 0 Å². The van der Waals surface area contributed by atoms with E-state index in [4.69, 9.17) is 5.10 Å². The van der Waals surface area contributed by atoms with Crippen LogP contribution in [0, 0.1) is 11.8 Å². The summed E-state index contributed by atoms with van der Waals surface area (Å²) in [5.74, 6) is 1.64. The van der Waals surface area contributed by atoms with E-state index < -0.39 is 5.67 Å². The molecule has 37 heavy (non-hydrogen) atoms. The molecule has 2 N–H and O–H groups in total. The average Bonchev–Trinajstić information content (AvgIpc) is 3.45. The second kappa shape index (κ2) is 11.4. The summed E-state index contributed by atoms with van der Waals surface area (Å²) in [7, 11) is 0. The molecule has 0 saturated carbocycles. The Morgan fingerprint density at radius 2 is 1.92 bits per heavy atom. The van der Waals surface area contributed by atoms with E-state index in [-0.39, 0.29) is 0 Å². The molecular formula is C32H41FN4. The minimum Gasteiger partial charge on any atom is -0.388 e. The third-order valence-electron chi connectivity index (χ3n) is 6.84. The lowest BCUT2D eigenvalue weighted by atomic mass is 9.98. The van der Waals surface area contributed by atoms with Crippen molar-refractivity contribution < 1.29 is 4.39 Å². The van der Waals surface area contributed by atoms with Gasteiger partial charge in [0.05, 0.1) is 11.4 Å². The van der Waals surface area contributed by atoms with Crippen LogP contribution in [0.5, 0.6) is 0 Å². The molecule has 1 fully saturated rings. The van der Waals surface area contributed by atoms with Crippen molar-refractivity contribution in [2.45, 2.75) is 65.5 Å². The van der Waals surface area contributed by atoms with Crippen LogP contribution in [0.3, 0.4) is 0 Å². The fourth-order valence-corrected chi connectivity index (χ4v) is 4.95. The lowest BCUT2D eigenvalue weighted by molar-refractivity contribution is 0.197. The standard InChI is InChI=1S/C32H41FN4/c1-22(2)16-26-11-8-14-29(19-26)37-30(20-31(36-37)35-24(4)28-17-23(3)34-21-28)27-13-7-10-25(18-27)12-9-15-32(5,6)33/h7-8,10-11,13-14,18-20,22,28,34H,3-4,9,12,15-17,21H2,1-2,5-6H3,(H,35,36). The summed E-state index contributed by atoms with van der Waals surface area (Å²) >= 11 is 0. The Labute approximate surface area is 221 Å². The van der Waals surface area contributed by atoms with Crippen LogP contribution < -0.4 is 10.6 Å². The molecule has 1 aliphatic heterocycles. The highest BCUT2D eigenvalue weighted by molar-refractivity contribution is 5.67. The van der Waals surface area contributed by atoms with Crippen LogP contribution in [-0.2, 0) is 12.8 Å². The van der Waals surface area contributed by atoms with Gasteiger partial charge in [-0.05, 0) is 81.2 Å². The average molecular weight is 501 g/mol.